The lowest BCUT2D eigenvalue weighted by Crippen LogP contribution is -2.02. The number of fused-ring (bicyclic) bond motifs is 1. The fourth-order valence-electron chi connectivity index (χ4n) is 2.20. The van der Waals surface area contributed by atoms with Crippen molar-refractivity contribution in [2.45, 2.75) is 26.2 Å². The van der Waals surface area contributed by atoms with Crippen molar-refractivity contribution in [3.8, 4) is 0 Å². The van der Waals surface area contributed by atoms with Gasteiger partial charge in [0.2, 0.25) is 0 Å². The van der Waals surface area contributed by atoms with Crippen molar-refractivity contribution in [1.82, 2.24) is 0 Å². The highest BCUT2D eigenvalue weighted by Gasteiger charge is 2.28. The van der Waals surface area contributed by atoms with Crippen LogP contribution in [0, 0.1) is 6.92 Å². The van der Waals surface area contributed by atoms with Crippen LogP contribution in [-0.2, 0) is 0 Å². The van der Waals surface area contributed by atoms with Gasteiger partial charge in [-0.2, -0.15) is 0 Å². The summed E-state index contributed by atoms with van der Waals surface area (Å²) in [5.41, 5.74) is 2.66. The molecule has 0 fully saturated rings. The first-order chi connectivity index (χ1) is 7.00. The first-order valence-electron chi connectivity index (χ1n) is 4.91. The standard InChI is InChI=1S/C12H12O3/c1-6-4-10(13)11-7(2)3-8(12(14)15)5-9(6)11/h3,5-6H,4H2,1-2H3,(H,14,15)/t6-/m0/s1. The van der Waals surface area contributed by atoms with E-state index in [1.54, 1.807) is 19.1 Å². The van der Waals surface area contributed by atoms with Crippen LogP contribution < -0.4 is 0 Å². The van der Waals surface area contributed by atoms with Crippen LogP contribution in [-0.4, -0.2) is 16.9 Å². The number of rotatable bonds is 1. The van der Waals surface area contributed by atoms with Crippen LogP contribution in [0.1, 0.15) is 51.1 Å². The second-order valence-corrected chi connectivity index (χ2v) is 4.09. The lowest BCUT2D eigenvalue weighted by molar-refractivity contribution is 0.0696. The van der Waals surface area contributed by atoms with Gasteiger partial charge in [0.25, 0.3) is 0 Å². The van der Waals surface area contributed by atoms with Crippen LogP contribution in [0.3, 0.4) is 0 Å². The summed E-state index contributed by atoms with van der Waals surface area (Å²) in [5, 5.41) is 8.91. The monoisotopic (exact) mass is 204 g/mol. The van der Waals surface area contributed by atoms with Crippen LogP contribution in [0.5, 0.6) is 0 Å². The minimum atomic E-state index is -0.938. The van der Waals surface area contributed by atoms with Gasteiger partial charge in [0.15, 0.2) is 5.78 Å². The number of hydrogen-bond acceptors (Lipinski definition) is 2. The number of carboxylic acid groups (broad SMARTS) is 1. The predicted octanol–water partition coefficient (Wildman–Crippen LogP) is 2.38. The van der Waals surface area contributed by atoms with Crippen molar-refractivity contribution in [3.05, 3.63) is 34.4 Å². The molecule has 0 radical (unpaired) electrons. The number of aryl methyl sites for hydroxylation is 1. The Morgan fingerprint density at radius 1 is 1.47 bits per heavy atom. The fourth-order valence-corrected chi connectivity index (χ4v) is 2.20. The average molecular weight is 204 g/mol. The molecule has 0 aliphatic heterocycles. The minimum Gasteiger partial charge on any atom is -0.478 e. The maximum atomic E-state index is 11.6. The summed E-state index contributed by atoms with van der Waals surface area (Å²) in [6, 6.07) is 3.19. The van der Waals surface area contributed by atoms with Crippen molar-refractivity contribution in [3.63, 3.8) is 0 Å². The molecular weight excluding hydrogens is 192 g/mol. The molecule has 0 bridgehead atoms. The SMILES string of the molecule is Cc1cc(C(=O)O)cc2c1C(=O)C[C@@H]2C. The van der Waals surface area contributed by atoms with Gasteiger partial charge in [-0.05, 0) is 36.1 Å². The molecular formula is C12H12O3. The van der Waals surface area contributed by atoms with Crippen molar-refractivity contribution in [2.24, 2.45) is 0 Å². The molecule has 3 nitrogen and oxygen atoms in total. The molecule has 0 amide bonds. The third-order valence-corrected chi connectivity index (χ3v) is 2.91. The molecule has 0 unspecified atom stereocenters. The van der Waals surface area contributed by atoms with Crippen LogP contribution in [0.4, 0.5) is 0 Å². The van der Waals surface area contributed by atoms with Crippen molar-refractivity contribution < 1.29 is 14.7 Å². The quantitative estimate of drug-likeness (QED) is 0.764. The number of carboxylic acids is 1. The van der Waals surface area contributed by atoms with Gasteiger partial charge < -0.3 is 5.11 Å². The topological polar surface area (TPSA) is 54.4 Å². The Labute approximate surface area is 87.7 Å². The van der Waals surface area contributed by atoms with Gasteiger partial charge in [-0.25, -0.2) is 4.79 Å². The zero-order valence-corrected chi connectivity index (χ0v) is 8.70. The number of carbonyl (C=O) groups is 2. The van der Waals surface area contributed by atoms with E-state index in [-0.39, 0.29) is 17.3 Å². The lowest BCUT2D eigenvalue weighted by Gasteiger charge is -2.07. The number of aromatic carboxylic acids is 1. The number of benzene rings is 1. The highest BCUT2D eigenvalue weighted by atomic mass is 16.4. The van der Waals surface area contributed by atoms with Gasteiger partial charge in [0.05, 0.1) is 5.56 Å². The summed E-state index contributed by atoms with van der Waals surface area (Å²) >= 11 is 0. The van der Waals surface area contributed by atoms with E-state index in [9.17, 15) is 9.59 Å². The summed E-state index contributed by atoms with van der Waals surface area (Å²) in [7, 11) is 0. The van der Waals surface area contributed by atoms with E-state index in [0.29, 0.717) is 6.42 Å². The molecule has 15 heavy (non-hydrogen) atoms. The van der Waals surface area contributed by atoms with Gasteiger partial charge in [-0.1, -0.05) is 6.92 Å². The lowest BCUT2D eigenvalue weighted by atomic mass is 9.97. The zero-order valence-electron chi connectivity index (χ0n) is 8.70. The molecule has 0 heterocycles. The maximum Gasteiger partial charge on any atom is 0.335 e. The average Bonchev–Trinajstić information content (AvgIpc) is 2.42. The van der Waals surface area contributed by atoms with E-state index in [2.05, 4.69) is 0 Å². The minimum absolute atomic E-state index is 0.131. The van der Waals surface area contributed by atoms with Gasteiger partial charge in [0.1, 0.15) is 0 Å². The second-order valence-electron chi connectivity index (χ2n) is 4.09. The Hall–Kier alpha value is -1.64. The molecule has 1 aliphatic rings. The Kier molecular flexibility index (Phi) is 2.11. The van der Waals surface area contributed by atoms with Crippen molar-refractivity contribution in [2.75, 3.05) is 0 Å². The molecule has 0 spiro atoms. The Morgan fingerprint density at radius 3 is 2.73 bits per heavy atom. The van der Waals surface area contributed by atoms with Crippen LogP contribution >= 0.6 is 0 Å². The third-order valence-electron chi connectivity index (χ3n) is 2.91. The summed E-state index contributed by atoms with van der Waals surface area (Å²) in [6.07, 6.45) is 0.499. The number of ketones is 1. The molecule has 1 atom stereocenters. The molecule has 1 aliphatic carbocycles. The van der Waals surface area contributed by atoms with Crippen LogP contribution in [0.15, 0.2) is 12.1 Å². The highest BCUT2D eigenvalue weighted by molar-refractivity contribution is 6.03. The summed E-state index contributed by atoms with van der Waals surface area (Å²) in [4.78, 5) is 22.5. The number of Topliss-reactive ketones (excluding diaryl/α,β-unsaturated/α-hetero) is 1. The molecule has 1 aromatic carbocycles. The first-order valence-corrected chi connectivity index (χ1v) is 4.91. The summed E-state index contributed by atoms with van der Waals surface area (Å²) in [6.45, 7) is 3.75. The van der Waals surface area contributed by atoms with Crippen LogP contribution in [0.25, 0.3) is 0 Å². The Morgan fingerprint density at radius 2 is 2.13 bits per heavy atom. The molecule has 3 heteroatoms. The largest absolute Gasteiger partial charge is 0.478 e. The van der Waals surface area contributed by atoms with E-state index in [1.165, 1.54) is 0 Å². The molecule has 0 saturated heterocycles. The summed E-state index contributed by atoms with van der Waals surface area (Å²) in [5.74, 6) is -0.662. The van der Waals surface area contributed by atoms with Crippen molar-refractivity contribution >= 4 is 11.8 Å². The zero-order chi connectivity index (χ0) is 11.2. The van der Waals surface area contributed by atoms with E-state index < -0.39 is 5.97 Å². The fraction of sp³-hybridized carbons (Fsp3) is 0.333. The Balaban J connectivity index is 2.66. The van der Waals surface area contributed by atoms with E-state index in [4.69, 9.17) is 5.11 Å². The molecule has 0 aromatic heterocycles. The third kappa shape index (κ3) is 1.44. The smallest absolute Gasteiger partial charge is 0.335 e. The highest BCUT2D eigenvalue weighted by Crippen LogP contribution is 2.35. The van der Waals surface area contributed by atoms with Gasteiger partial charge in [0, 0.05) is 12.0 Å². The van der Waals surface area contributed by atoms with Crippen LogP contribution in [0.2, 0.25) is 0 Å². The normalized spacial score (nSPS) is 19.1. The molecule has 2 rings (SSSR count). The van der Waals surface area contributed by atoms with E-state index in [1.807, 2.05) is 6.92 Å². The van der Waals surface area contributed by atoms with E-state index in [0.717, 1.165) is 16.7 Å². The number of carbonyl (C=O) groups excluding carboxylic acids is 1. The molecule has 1 N–H and O–H groups in total. The van der Waals surface area contributed by atoms with Gasteiger partial charge >= 0.3 is 5.97 Å². The number of hydrogen-bond donors (Lipinski definition) is 1. The summed E-state index contributed by atoms with van der Waals surface area (Å²) < 4.78 is 0. The first kappa shape index (κ1) is 9.90. The van der Waals surface area contributed by atoms with Crippen molar-refractivity contribution in [1.29, 1.82) is 0 Å². The van der Waals surface area contributed by atoms with Gasteiger partial charge in [-0.15, -0.1) is 0 Å². The van der Waals surface area contributed by atoms with Gasteiger partial charge in [-0.3, -0.25) is 4.79 Å². The molecule has 0 saturated carbocycles. The Bertz CT molecular complexity index is 460. The molecule has 78 valence electrons. The second kappa shape index (κ2) is 3.19. The van der Waals surface area contributed by atoms with E-state index >= 15 is 0 Å². The molecule has 1 aromatic rings. The predicted molar refractivity (Wildman–Crippen MR) is 55.5 cm³/mol. The maximum absolute atomic E-state index is 11.6.